The van der Waals surface area contributed by atoms with Crippen LogP contribution in [0.2, 0.25) is 0 Å². The van der Waals surface area contributed by atoms with E-state index in [1.165, 1.54) is 10.7 Å². The van der Waals surface area contributed by atoms with E-state index in [1.807, 2.05) is 6.07 Å². The number of nitrogens with zero attached hydrogens (tertiary/aromatic N) is 2. The summed E-state index contributed by atoms with van der Waals surface area (Å²) in [4.78, 5) is 0. The predicted molar refractivity (Wildman–Crippen MR) is 62.6 cm³/mol. The van der Waals surface area contributed by atoms with E-state index in [4.69, 9.17) is 0 Å². The molecule has 16 heavy (non-hydrogen) atoms. The highest BCUT2D eigenvalue weighted by molar-refractivity contribution is 5.53. The van der Waals surface area contributed by atoms with Gasteiger partial charge in [0.2, 0.25) is 0 Å². The van der Waals surface area contributed by atoms with Crippen LogP contribution < -0.4 is 10.6 Å². The summed E-state index contributed by atoms with van der Waals surface area (Å²) in [5.74, 6) is 1.12. The zero-order valence-corrected chi connectivity index (χ0v) is 9.16. The molecule has 84 valence electrons. The number of aromatic nitrogens is 2. The van der Waals surface area contributed by atoms with Crippen molar-refractivity contribution in [2.45, 2.75) is 0 Å². The molecule has 0 bridgehead atoms. The van der Waals surface area contributed by atoms with E-state index in [0.717, 1.165) is 5.82 Å². The summed E-state index contributed by atoms with van der Waals surface area (Å²) in [6.45, 7) is 0. The molecule has 2 aromatic rings. The average molecular weight is 220 g/mol. The number of hydrogen-bond donors (Lipinski definition) is 2. The first-order chi connectivity index (χ1) is 7.76. The average Bonchev–Trinajstić information content (AvgIpc) is 2.72. The van der Waals surface area contributed by atoms with Crippen LogP contribution in [0.3, 0.4) is 0 Å². The van der Waals surface area contributed by atoms with Crippen LogP contribution in [-0.4, -0.2) is 23.9 Å². The molecule has 5 heteroatoms. The van der Waals surface area contributed by atoms with Crippen LogP contribution >= 0.6 is 0 Å². The Kier molecular flexibility index (Phi) is 2.76. The van der Waals surface area contributed by atoms with E-state index in [-0.39, 0.29) is 5.82 Å². The summed E-state index contributed by atoms with van der Waals surface area (Å²) in [5.41, 5.74) is 0.424. The second kappa shape index (κ2) is 4.22. The summed E-state index contributed by atoms with van der Waals surface area (Å²) in [6, 6.07) is 8.34. The van der Waals surface area contributed by atoms with Crippen molar-refractivity contribution in [3.8, 4) is 5.69 Å². The summed E-state index contributed by atoms with van der Waals surface area (Å²) in [7, 11) is 3.54. The first kappa shape index (κ1) is 10.5. The van der Waals surface area contributed by atoms with Gasteiger partial charge >= 0.3 is 0 Å². The normalized spacial score (nSPS) is 10.2. The number of anilines is 2. The van der Waals surface area contributed by atoms with Crippen molar-refractivity contribution in [1.82, 2.24) is 9.78 Å². The van der Waals surface area contributed by atoms with Gasteiger partial charge in [0, 0.05) is 20.2 Å². The number of benzene rings is 1. The first-order valence-electron chi connectivity index (χ1n) is 4.96. The number of hydrogen-bond acceptors (Lipinski definition) is 3. The van der Waals surface area contributed by atoms with Crippen molar-refractivity contribution >= 4 is 11.6 Å². The lowest BCUT2D eigenvalue weighted by atomic mass is 10.3. The van der Waals surface area contributed by atoms with E-state index in [0.29, 0.717) is 11.5 Å². The molecule has 0 aliphatic rings. The Hall–Kier alpha value is -2.04. The summed E-state index contributed by atoms with van der Waals surface area (Å²) >= 11 is 0. The van der Waals surface area contributed by atoms with Gasteiger partial charge in [-0.05, 0) is 12.1 Å². The van der Waals surface area contributed by atoms with Crippen molar-refractivity contribution in [2.24, 2.45) is 0 Å². The van der Waals surface area contributed by atoms with Crippen molar-refractivity contribution in [1.29, 1.82) is 0 Å². The summed E-state index contributed by atoms with van der Waals surface area (Å²) in [6.07, 6.45) is 0. The molecule has 0 saturated heterocycles. The molecule has 0 amide bonds. The van der Waals surface area contributed by atoms with Crippen molar-refractivity contribution in [2.75, 3.05) is 24.7 Å². The van der Waals surface area contributed by atoms with Gasteiger partial charge in [0.05, 0.1) is 0 Å². The molecule has 1 aromatic heterocycles. The Balaban J connectivity index is 2.54. The molecular formula is C11H13FN4. The minimum absolute atomic E-state index is 0.301. The first-order valence-corrected chi connectivity index (χ1v) is 4.96. The van der Waals surface area contributed by atoms with Crippen LogP contribution in [0.1, 0.15) is 0 Å². The highest BCUT2D eigenvalue weighted by Crippen LogP contribution is 2.21. The molecule has 1 aromatic carbocycles. The standard InChI is InChI=1S/C11H13FN4/c1-13-10-7-11(14-2)16(15-10)9-6-4-3-5-8(9)12/h3-7,14H,1-2H3,(H,13,15). The molecule has 1 heterocycles. The largest absolute Gasteiger partial charge is 0.373 e. The lowest BCUT2D eigenvalue weighted by Crippen LogP contribution is -2.04. The van der Waals surface area contributed by atoms with Crippen LogP contribution in [-0.2, 0) is 0 Å². The minimum atomic E-state index is -0.301. The monoisotopic (exact) mass is 220 g/mol. The van der Waals surface area contributed by atoms with Crippen LogP contribution in [0.25, 0.3) is 5.69 Å². The predicted octanol–water partition coefficient (Wildman–Crippen LogP) is 2.09. The van der Waals surface area contributed by atoms with E-state index < -0.39 is 0 Å². The van der Waals surface area contributed by atoms with Gasteiger partial charge in [0.25, 0.3) is 0 Å². The molecule has 2 N–H and O–H groups in total. The zero-order valence-electron chi connectivity index (χ0n) is 9.16. The number of halogens is 1. The molecule has 4 nitrogen and oxygen atoms in total. The van der Waals surface area contributed by atoms with Gasteiger partial charge in [-0.25, -0.2) is 9.07 Å². The smallest absolute Gasteiger partial charge is 0.150 e. The molecule has 0 aliphatic carbocycles. The molecule has 0 atom stereocenters. The van der Waals surface area contributed by atoms with Crippen LogP contribution in [0, 0.1) is 5.82 Å². The van der Waals surface area contributed by atoms with Crippen LogP contribution in [0.15, 0.2) is 30.3 Å². The quantitative estimate of drug-likeness (QED) is 0.832. The second-order valence-electron chi connectivity index (χ2n) is 3.28. The maximum atomic E-state index is 13.6. The van der Waals surface area contributed by atoms with Gasteiger partial charge in [0.15, 0.2) is 0 Å². The van der Waals surface area contributed by atoms with Crippen molar-refractivity contribution in [3.63, 3.8) is 0 Å². The Labute approximate surface area is 93.1 Å². The van der Waals surface area contributed by atoms with Gasteiger partial charge in [-0.1, -0.05) is 12.1 Å². The van der Waals surface area contributed by atoms with E-state index in [2.05, 4.69) is 15.7 Å². The molecule has 0 saturated carbocycles. The lowest BCUT2D eigenvalue weighted by molar-refractivity contribution is 0.612. The Morgan fingerprint density at radius 3 is 2.56 bits per heavy atom. The fourth-order valence-electron chi connectivity index (χ4n) is 1.49. The minimum Gasteiger partial charge on any atom is -0.373 e. The number of rotatable bonds is 3. The topological polar surface area (TPSA) is 41.9 Å². The van der Waals surface area contributed by atoms with Crippen molar-refractivity contribution in [3.05, 3.63) is 36.1 Å². The highest BCUT2D eigenvalue weighted by Gasteiger charge is 2.10. The van der Waals surface area contributed by atoms with Crippen LogP contribution in [0.4, 0.5) is 16.0 Å². The maximum absolute atomic E-state index is 13.6. The van der Waals surface area contributed by atoms with E-state index >= 15 is 0 Å². The Morgan fingerprint density at radius 1 is 1.19 bits per heavy atom. The van der Waals surface area contributed by atoms with Gasteiger partial charge in [-0.2, -0.15) is 0 Å². The Morgan fingerprint density at radius 2 is 1.94 bits per heavy atom. The van der Waals surface area contributed by atoms with Crippen LogP contribution in [0.5, 0.6) is 0 Å². The fourth-order valence-corrected chi connectivity index (χ4v) is 1.49. The maximum Gasteiger partial charge on any atom is 0.150 e. The third-order valence-corrected chi connectivity index (χ3v) is 2.30. The molecular weight excluding hydrogens is 207 g/mol. The van der Waals surface area contributed by atoms with Crippen molar-refractivity contribution < 1.29 is 4.39 Å². The van der Waals surface area contributed by atoms with E-state index in [9.17, 15) is 4.39 Å². The molecule has 0 unspecified atom stereocenters. The van der Waals surface area contributed by atoms with E-state index in [1.54, 1.807) is 32.3 Å². The van der Waals surface area contributed by atoms with Gasteiger partial charge < -0.3 is 10.6 Å². The second-order valence-corrected chi connectivity index (χ2v) is 3.28. The molecule has 0 fully saturated rings. The lowest BCUT2D eigenvalue weighted by Gasteiger charge is -2.06. The van der Waals surface area contributed by atoms with Gasteiger partial charge in [-0.3, -0.25) is 0 Å². The molecule has 0 aliphatic heterocycles. The zero-order chi connectivity index (χ0) is 11.5. The molecule has 0 radical (unpaired) electrons. The molecule has 2 rings (SSSR count). The summed E-state index contributed by atoms with van der Waals surface area (Å²) in [5, 5.41) is 10.1. The van der Waals surface area contributed by atoms with Gasteiger partial charge in [0.1, 0.15) is 23.1 Å². The third kappa shape index (κ3) is 1.71. The SMILES string of the molecule is CNc1cc(NC)n(-c2ccccc2F)n1. The highest BCUT2D eigenvalue weighted by atomic mass is 19.1. The number of para-hydroxylation sites is 1. The van der Waals surface area contributed by atoms with Gasteiger partial charge in [-0.15, -0.1) is 5.10 Å². The fraction of sp³-hybridized carbons (Fsp3) is 0.182. The Bertz CT molecular complexity index is 492. The third-order valence-electron chi connectivity index (χ3n) is 2.30. The molecule has 0 spiro atoms. The number of nitrogens with one attached hydrogen (secondary N) is 2. The summed E-state index contributed by atoms with van der Waals surface area (Å²) < 4.78 is 15.1.